The minimum absolute atomic E-state index is 0.0747. The van der Waals surface area contributed by atoms with E-state index in [2.05, 4.69) is 5.32 Å². The van der Waals surface area contributed by atoms with Crippen LogP contribution in [0.1, 0.15) is 41.8 Å². The Labute approximate surface area is 162 Å². The molecule has 0 saturated heterocycles. The Hall–Kier alpha value is -2.54. The van der Waals surface area contributed by atoms with Crippen LogP contribution in [-0.4, -0.2) is 36.7 Å². The van der Waals surface area contributed by atoms with Crippen LogP contribution in [0, 0.1) is 0 Å². The third-order valence-electron chi connectivity index (χ3n) is 4.26. The first-order valence-electron chi connectivity index (χ1n) is 9.13. The van der Waals surface area contributed by atoms with Gasteiger partial charge < -0.3 is 19.9 Å². The maximum atomic E-state index is 12.3. The predicted octanol–water partition coefficient (Wildman–Crippen LogP) is 3.95. The lowest BCUT2D eigenvalue weighted by molar-refractivity contribution is -0.137. The second-order valence-corrected chi connectivity index (χ2v) is 7.42. The van der Waals surface area contributed by atoms with E-state index in [1.165, 1.54) is 11.3 Å². The quantitative estimate of drug-likeness (QED) is 0.634. The summed E-state index contributed by atoms with van der Waals surface area (Å²) in [7, 11) is 0. The summed E-state index contributed by atoms with van der Waals surface area (Å²) in [6.07, 6.45) is 3.54. The predicted molar refractivity (Wildman–Crippen MR) is 104 cm³/mol. The first kappa shape index (κ1) is 19.2. The van der Waals surface area contributed by atoms with Crippen molar-refractivity contribution >= 4 is 23.2 Å². The lowest BCUT2D eigenvalue weighted by atomic mass is 10.1. The summed E-state index contributed by atoms with van der Waals surface area (Å²) in [6, 6.07) is 9.58. The molecule has 1 aromatic heterocycles. The molecule has 0 aliphatic carbocycles. The number of aliphatic carboxylic acids is 1. The third-order valence-corrected chi connectivity index (χ3v) is 5.39. The fourth-order valence-electron chi connectivity index (χ4n) is 2.86. The van der Waals surface area contributed by atoms with Crippen LogP contribution in [-0.2, 0) is 4.79 Å². The van der Waals surface area contributed by atoms with E-state index in [4.69, 9.17) is 14.6 Å². The van der Waals surface area contributed by atoms with E-state index < -0.39 is 5.97 Å². The number of rotatable bonds is 9. The molecule has 2 N–H and O–H groups in total. The van der Waals surface area contributed by atoms with Gasteiger partial charge in [0, 0.05) is 17.8 Å². The molecule has 2 aromatic rings. The number of carboxylic acid groups (broad SMARTS) is 1. The van der Waals surface area contributed by atoms with Gasteiger partial charge in [0.05, 0.1) is 4.88 Å². The normalized spacial score (nSPS) is 12.6. The number of benzene rings is 1. The number of carboxylic acids is 1. The Kier molecular flexibility index (Phi) is 6.70. The zero-order valence-corrected chi connectivity index (χ0v) is 15.8. The summed E-state index contributed by atoms with van der Waals surface area (Å²) < 4.78 is 11.1. The average Bonchev–Trinajstić information content (AvgIpc) is 3.17. The molecule has 144 valence electrons. The highest BCUT2D eigenvalue weighted by atomic mass is 32.1. The minimum atomic E-state index is -0.755. The van der Waals surface area contributed by atoms with Gasteiger partial charge in [0.2, 0.25) is 0 Å². The summed E-state index contributed by atoms with van der Waals surface area (Å²) in [6.45, 7) is 1.71. The van der Waals surface area contributed by atoms with Crippen LogP contribution in [0.3, 0.4) is 0 Å². The molecule has 1 amide bonds. The van der Waals surface area contributed by atoms with Gasteiger partial charge in [-0.2, -0.15) is 0 Å². The molecule has 0 spiro atoms. The van der Waals surface area contributed by atoms with Crippen molar-refractivity contribution in [1.29, 1.82) is 0 Å². The molecule has 1 aromatic carbocycles. The molecular weight excluding hydrogens is 366 g/mol. The number of ether oxygens (including phenoxy) is 2. The van der Waals surface area contributed by atoms with Gasteiger partial charge in [0.15, 0.2) is 11.5 Å². The van der Waals surface area contributed by atoms with Gasteiger partial charge in [0.1, 0.15) is 13.2 Å². The van der Waals surface area contributed by atoms with Crippen molar-refractivity contribution in [2.24, 2.45) is 0 Å². The third kappa shape index (κ3) is 5.47. The molecule has 1 aliphatic heterocycles. The number of nitrogens with one attached hydrogen (secondary N) is 1. The van der Waals surface area contributed by atoms with Gasteiger partial charge in [0.25, 0.3) is 5.91 Å². The number of hydrogen-bond donors (Lipinski definition) is 2. The Balaban J connectivity index is 1.47. The maximum Gasteiger partial charge on any atom is 0.303 e. The monoisotopic (exact) mass is 389 g/mol. The van der Waals surface area contributed by atoms with Crippen LogP contribution in [0.15, 0.2) is 30.3 Å². The lowest BCUT2D eigenvalue weighted by Gasteiger charge is -2.18. The van der Waals surface area contributed by atoms with Gasteiger partial charge in [-0.05, 0) is 48.7 Å². The number of thiophene rings is 1. The van der Waals surface area contributed by atoms with Gasteiger partial charge in [-0.1, -0.05) is 12.8 Å². The van der Waals surface area contributed by atoms with E-state index in [0.29, 0.717) is 31.1 Å². The zero-order valence-electron chi connectivity index (χ0n) is 15.0. The molecule has 6 nitrogen and oxygen atoms in total. The van der Waals surface area contributed by atoms with E-state index in [1.54, 1.807) is 0 Å². The van der Waals surface area contributed by atoms with Crippen LogP contribution >= 0.6 is 11.3 Å². The molecule has 7 heteroatoms. The van der Waals surface area contributed by atoms with Crippen LogP contribution in [0.4, 0.5) is 0 Å². The number of hydrogen-bond acceptors (Lipinski definition) is 5. The Morgan fingerprint density at radius 2 is 1.78 bits per heavy atom. The highest BCUT2D eigenvalue weighted by molar-refractivity contribution is 7.17. The highest BCUT2D eigenvalue weighted by Crippen LogP contribution is 2.36. The van der Waals surface area contributed by atoms with Crippen LogP contribution in [0.25, 0.3) is 10.4 Å². The average molecular weight is 389 g/mol. The van der Waals surface area contributed by atoms with Crippen molar-refractivity contribution in [2.75, 3.05) is 19.8 Å². The standard InChI is InChI=1S/C20H23NO5S/c22-19(23)5-3-1-2-4-10-21-20(24)18-9-8-17(27-18)14-6-7-15-16(13-14)26-12-11-25-15/h6-9,13H,1-5,10-12H2,(H,21,24)(H,22,23). The van der Waals surface area contributed by atoms with Crippen LogP contribution < -0.4 is 14.8 Å². The van der Waals surface area contributed by atoms with Gasteiger partial charge in [-0.25, -0.2) is 0 Å². The number of fused-ring (bicyclic) bond motifs is 1. The van der Waals surface area contributed by atoms with E-state index in [-0.39, 0.29) is 12.3 Å². The Morgan fingerprint density at radius 3 is 2.59 bits per heavy atom. The SMILES string of the molecule is O=C(O)CCCCCCNC(=O)c1ccc(-c2ccc3c(c2)OCCO3)s1. The first-order valence-corrected chi connectivity index (χ1v) is 9.95. The van der Waals surface area contributed by atoms with E-state index in [9.17, 15) is 9.59 Å². The Morgan fingerprint density at radius 1 is 1.00 bits per heavy atom. The summed E-state index contributed by atoms with van der Waals surface area (Å²) in [5, 5.41) is 11.5. The van der Waals surface area contributed by atoms with Gasteiger partial charge in [-0.3, -0.25) is 9.59 Å². The largest absolute Gasteiger partial charge is 0.486 e. The molecule has 0 fully saturated rings. The van der Waals surface area contributed by atoms with Crippen molar-refractivity contribution in [3.63, 3.8) is 0 Å². The van der Waals surface area contributed by atoms with E-state index in [1.807, 2.05) is 30.3 Å². The minimum Gasteiger partial charge on any atom is -0.486 e. The molecule has 0 bridgehead atoms. The summed E-state index contributed by atoms with van der Waals surface area (Å²) in [4.78, 5) is 24.4. The molecule has 0 atom stereocenters. The van der Waals surface area contributed by atoms with Gasteiger partial charge >= 0.3 is 5.97 Å². The van der Waals surface area contributed by atoms with Crippen molar-refractivity contribution < 1.29 is 24.2 Å². The molecule has 0 saturated carbocycles. The van der Waals surface area contributed by atoms with Crippen molar-refractivity contribution in [3.05, 3.63) is 35.2 Å². The summed E-state index contributed by atoms with van der Waals surface area (Å²) in [5.41, 5.74) is 1.00. The Bertz CT molecular complexity index is 801. The lowest BCUT2D eigenvalue weighted by Crippen LogP contribution is -2.23. The smallest absolute Gasteiger partial charge is 0.303 e. The van der Waals surface area contributed by atoms with Crippen LogP contribution in [0.2, 0.25) is 0 Å². The number of carbonyl (C=O) groups is 2. The maximum absolute atomic E-state index is 12.3. The molecular formula is C20H23NO5S. The molecule has 0 radical (unpaired) electrons. The summed E-state index contributed by atoms with van der Waals surface area (Å²) in [5.74, 6) is 0.660. The second kappa shape index (κ2) is 9.41. The number of carbonyl (C=O) groups excluding carboxylic acids is 1. The molecule has 27 heavy (non-hydrogen) atoms. The highest BCUT2D eigenvalue weighted by Gasteiger charge is 2.14. The second-order valence-electron chi connectivity index (χ2n) is 6.34. The number of amides is 1. The molecule has 1 aliphatic rings. The van der Waals surface area contributed by atoms with Crippen molar-refractivity contribution in [1.82, 2.24) is 5.32 Å². The summed E-state index contributed by atoms with van der Waals surface area (Å²) >= 11 is 1.45. The zero-order chi connectivity index (χ0) is 19.1. The van der Waals surface area contributed by atoms with Gasteiger partial charge in [-0.15, -0.1) is 11.3 Å². The molecule has 0 unspecified atom stereocenters. The van der Waals surface area contributed by atoms with Crippen LogP contribution in [0.5, 0.6) is 11.5 Å². The fraction of sp³-hybridized carbons (Fsp3) is 0.400. The van der Waals surface area contributed by atoms with Crippen molar-refractivity contribution in [2.45, 2.75) is 32.1 Å². The number of unbranched alkanes of at least 4 members (excludes halogenated alkanes) is 3. The first-order chi connectivity index (χ1) is 13.1. The molecule has 2 heterocycles. The van der Waals surface area contributed by atoms with Crippen molar-refractivity contribution in [3.8, 4) is 21.9 Å². The topological polar surface area (TPSA) is 84.9 Å². The van der Waals surface area contributed by atoms with E-state index >= 15 is 0 Å². The fourth-order valence-corrected chi connectivity index (χ4v) is 3.77. The van der Waals surface area contributed by atoms with E-state index in [0.717, 1.165) is 41.2 Å². The molecule has 3 rings (SSSR count).